The van der Waals surface area contributed by atoms with Crippen molar-refractivity contribution in [3.63, 3.8) is 0 Å². The number of amides is 1. The molecule has 2 saturated carbocycles. The molecule has 4 nitrogen and oxygen atoms in total. The summed E-state index contributed by atoms with van der Waals surface area (Å²) < 4.78 is 0. The first-order valence-corrected chi connectivity index (χ1v) is 7.37. The van der Waals surface area contributed by atoms with Crippen LogP contribution in [-0.2, 0) is 4.79 Å². The molecule has 0 unspecified atom stereocenters. The molecule has 0 aromatic carbocycles. The van der Waals surface area contributed by atoms with Gasteiger partial charge in [-0.2, -0.15) is 0 Å². The number of aliphatic hydroxyl groups excluding tert-OH is 1. The fraction of sp³-hybridized carbons (Fsp3) is 0.929. The van der Waals surface area contributed by atoms with Crippen molar-refractivity contribution < 1.29 is 9.90 Å². The van der Waals surface area contributed by atoms with Gasteiger partial charge in [-0.25, -0.2) is 0 Å². The maximum absolute atomic E-state index is 12.1. The average molecular weight is 252 g/mol. The second-order valence-electron chi connectivity index (χ2n) is 6.32. The van der Waals surface area contributed by atoms with Crippen LogP contribution >= 0.6 is 0 Å². The van der Waals surface area contributed by atoms with E-state index >= 15 is 0 Å². The minimum atomic E-state index is 0.238. The number of hydrogen-bond donors (Lipinski definition) is 2. The predicted molar refractivity (Wildman–Crippen MR) is 69.1 cm³/mol. The molecule has 3 rings (SSSR count). The van der Waals surface area contributed by atoms with Gasteiger partial charge in [0.05, 0.1) is 6.61 Å². The molecule has 4 heteroatoms. The number of piperidine rings is 1. The van der Waals surface area contributed by atoms with Crippen LogP contribution in [0.2, 0.25) is 0 Å². The van der Waals surface area contributed by atoms with Gasteiger partial charge in [-0.1, -0.05) is 6.42 Å². The molecule has 0 aromatic rings. The van der Waals surface area contributed by atoms with E-state index in [-0.39, 0.29) is 6.61 Å². The summed E-state index contributed by atoms with van der Waals surface area (Å²) in [5.41, 5.74) is 0.446. The molecule has 0 radical (unpaired) electrons. The molecule has 0 aromatic heterocycles. The van der Waals surface area contributed by atoms with Crippen LogP contribution in [0.1, 0.15) is 38.5 Å². The zero-order chi connectivity index (χ0) is 12.6. The fourth-order valence-electron chi connectivity index (χ4n) is 3.65. The third-order valence-corrected chi connectivity index (χ3v) is 5.21. The van der Waals surface area contributed by atoms with Crippen LogP contribution < -0.4 is 5.32 Å². The summed E-state index contributed by atoms with van der Waals surface area (Å²) >= 11 is 0. The lowest BCUT2D eigenvalue weighted by Gasteiger charge is -2.32. The highest BCUT2D eigenvalue weighted by molar-refractivity contribution is 5.83. The van der Waals surface area contributed by atoms with E-state index in [1.54, 1.807) is 0 Å². The Kier molecular flexibility index (Phi) is 3.32. The first-order valence-electron chi connectivity index (χ1n) is 7.37. The molecule has 3 fully saturated rings. The Hall–Kier alpha value is -0.610. The second kappa shape index (κ2) is 4.82. The molecular weight excluding hydrogens is 228 g/mol. The molecule has 3 aliphatic rings. The van der Waals surface area contributed by atoms with Crippen molar-refractivity contribution in [2.24, 2.45) is 11.3 Å². The van der Waals surface area contributed by atoms with E-state index in [1.807, 2.05) is 0 Å². The topological polar surface area (TPSA) is 52.6 Å². The monoisotopic (exact) mass is 252 g/mol. The Morgan fingerprint density at radius 1 is 1.33 bits per heavy atom. The van der Waals surface area contributed by atoms with Crippen LogP contribution in [0.25, 0.3) is 0 Å². The Bertz CT molecular complexity index is 320. The summed E-state index contributed by atoms with van der Waals surface area (Å²) in [6.45, 7) is 3.01. The smallest absolute Gasteiger partial charge is 0.223 e. The van der Waals surface area contributed by atoms with Gasteiger partial charge in [-0.3, -0.25) is 4.79 Å². The normalized spacial score (nSPS) is 31.1. The molecule has 2 aliphatic carbocycles. The number of carbonyl (C=O) groups excluding carboxylic acids is 1. The van der Waals surface area contributed by atoms with Crippen LogP contribution in [0.15, 0.2) is 0 Å². The Balaban J connectivity index is 1.40. The van der Waals surface area contributed by atoms with Gasteiger partial charge in [0.1, 0.15) is 0 Å². The van der Waals surface area contributed by atoms with Crippen LogP contribution in [0, 0.1) is 11.3 Å². The standard InChI is InChI=1S/C14H24N2O2/c17-9-8-16-6-2-11(3-7-16)15-13(18)12-10-14(12)4-1-5-14/h11-12,17H,1-10H2,(H,15,18)/t12-/m0/s1. The molecule has 1 saturated heterocycles. The summed E-state index contributed by atoms with van der Waals surface area (Å²) in [6.07, 6.45) is 7.09. The first-order chi connectivity index (χ1) is 8.73. The van der Waals surface area contributed by atoms with E-state index in [0.717, 1.165) is 38.9 Å². The average Bonchev–Trinajstić information content (AvgIpc) is 3.07. The number of nitrogens with one attached hydrogen (secondary N) is 1. The Labute approximate surface area is 109 Å². The maximum atomic E-state index is 12.1. The highest BCUT2D eigenvalue weighted by Crippen LogP contribution is 2.65. The van der Waals surface area contributed by atoms with E-state index < -0.39 is 0 Å². The number of hydrogen-bond acceptors (Lipinski definition) is 3. The molecule has 1 aliphatic heterocycles. The van der Waals surface area contributed by atoms with E-state index in [2.05, 4.69) is 10.2 Å². The van der Waals surface area contributed by atoms with Gasteiger partial charge < -0.3 is 15.3 Å². The van der Waals surface area contributed by atoms with E-state index in [0.29, 0.717) is 23.3 Å². The zero-order valence-electron chi connectivity index (χ0n) is 11.0. The number of rotatable bonds is 4. The quantitative estimate of drug-likeness (QED) is 0.776. The molecule has 1 atom stereocenters. The van der Waals surface area contributed by atoms with Gasteiger partial charge in [-0.15, -0.1) is 0 Å². The third-order valence-electron chi connectivity index (χ3n) is 5.21. The van der Waals surface area contributed by atoms with Crippen LogP contribution in [0.4, 0.5) is 0 Å². The van der Waals surface area contributed by atoms with Crippen LogP contribution in [0.5, 0.6) is 0 Å². The van der Waals surface area contributed by atoms with Crippen molar-refractivity contribution in [2.75, 3.05) is 26.2 Å². The van der Waals surface area contributed by atoms with Gasteiger partial charge in [0.2, 0.25) is 5.91 Å². The lowest BCUT2D eigenvalue weighted by molar-refractivity contribution is -0.124. The number of likely N-dealkylation sites (tertiary alicyclic amines) is 1. The van der Waals surface area contributed by atoms with E-state index in [1.165, 1.54) is 19.3 Å². The predicted octanol–water partition coefficient (Wildman–Crippen LogP) is 0.749. The van der Waals surface area contributed by atoms with Gasteiger partial charge in [-0.05, 0) is 37.5 Å². The van der Waals surface area contributed by atoms with Gasteiger partial charge in [0.15, 0.2) is 0 Å². The second-order valence-corrected chi connectivity index (χ2v) is 6.32. The van der Waals surface area contributed by atoms with Crippen LogP contribution in [-0.4, -0.2) is 48.2 Å². The summed E-state index contributed by atoms with van der Waals surface area (Å²) in [7, 11) is 0. The van der Waals surface area contributed by atoms with Crippen molar-refractivity contribution in [3.05, 3.63) is 0 Å². The summed E-state index contributed by atoms with van der Waals surface area (Å²) in [5, 5.41) is 12.1. The molecule has 1 spiro atoms. The van der Waals surface area contributed by atoms with Crippen molar-refractivity contribution in [1.82, 2.24) is 10.2 Å². The van der Waals surface area contributed by atoms with Gasteiger partial charge in [0.25, 0.3) is 0 Å². The Morgan fingerprint density at radius 2 is 2.06 bits per heavy atom. The van der Waals surface area contributed by atoms with E-state index in [9.17, 15) is 4.79 Å². The molecule has 2 N–H and O–H groups in total. The first kappa shape index (κ1) is 12.4. The van der Waals surface area contributed by atoms with Crippen LogP contribution in [0.3, 0.4) is 0 Å². The van der Waals surface area contributed by atoms with Gasteiger partial charge >= 0.3 is 0 Å². The SMILES string of the molecule is O=C(NC1CCN(CCO)CC1)[C@@H]1CC12CCC2. The summed E-state index contributed by atoms with van der Waals surface area (Å²) in [4.78, 5) is 14.4. The van der Waals surface area contributed by atoms with Gasteiger partial charge in [0, 0.05) is 31.6 Å². The minimum absolute atomic E-state index is 0.238. The maximum Gasteiger partial charge on any atom is 0.223 e. The Morgan fingerprint density at radius 3 is 2.56 bits per heavy atom. The molecular formula is C14H24N2O2. The fourth-order valence-corrected chi connectivity index (χ4v) is 3.65. The largest absolute Gasteiger partial charge is 0.395 e. The molecule has 1 heterocycles. The van der Waals surface area contributed by atoms with Crippen molar-refractivity contribution in [1.29, 1.82) is 0 Å². The highest BCUT2D eigenvalue weighted by atomic mass is 16.3. The number of aliphatic hydroxyl groups is 1. The highest BCUT2D eigenvalue weighted by Gasteiger charge is 2.60. The molecule has 0 bridgehead atoms. The number of β-amino-alcohol motifs (C(OH)–C–C–N with tert-alkyl or cyclic N) is 1. The molecule has 1 amide bonds. The zero-order valence-corrected chi connectivity index (χ0v) is 11.0. The summed E-state index contributed by atoms with van der Waals surface area (Å²) in [5.74, 6) is 0.650. The third kappa shape index (κ3) is 2.28. The van der Waals surface area contributed by atoms with E-state index in [4.69, 9.17) is 5.11 Å². The summed E-state index contributed by atoms with van der Waals surface area (Å²) in [6, 6.07) is 0.366. The van der Waals surface area contributed by atoms with Crippen molar-refractivity contribution in [2.45, 2.75) is 44.6 Å². The number of carbonyl (C=O) groups is 1. The molecule has 18 heavy (non-hydrogen) atoms. The minimum Gasteiger partial charge on any atom is -0.395 e. The van der Waals surface area contributed by atoms with Crippen molar-refractivity contribution >= 4 is 5.91 Å². The number of nitrogens with zero attached hydrogens (tertiary/aromatic N) is 1. The lowest BCUT2D eigenvalue weighted by Crippen LogP contribution is -2.46. The molecule has 102 valence electrons. The van der Waals surface area contributed by atoms with Crippen molar-refractivity contribution in [3.8, 4) is 0 Å². The lowest BCUT2D eigenvalue weighted by atomic mass is 9.79.